The predicted molar refractivity (Wildman–Crippen MR) is 114 cm³/mol. The molecule has 2 amide bonds. The first-order valence-corrected chi connectivity index (χ1v) is 10.4. The van der Waals surface area contributed by atoms with Crippen molar-refractivity contribution < 1.29 is 9.59 Å². The number of para-hydroxylation sites is 1. The van der Waals surface area contributed by atoms with Crippen LogP contribution in [0.3, 0.4) is 0 Å². The molecule has 0 aliphatic heterocycles. The van der Waals surface area contributed by atoms with E-state index in [4.69, 9.17) is 0 Å². The third-order valence-electron chi connectivity index (χ3n) is 5.73. The van der Waals surface area contributed by atoms with E-state index >= 15 is 0 Å². The van der Waals surface area contributed by atoms with Crippen molar-refractivity contribution in [3.63, 3.8) is 0 Å². The van der Waals surface area contributed by atoms with Gasteiger partial charge >= 0.3 is 0 Å². The molecular weight excluding hydrogens is 348 g/mol. The Morgan fingerprint density at radius 1 is 0.893 bits per heavy atom. The van der Waals surface area contributed by atoms with Crippen LogP contribution in [0.25, 0.3) is 0 Å². The van der Waals surface area contributed by atoms with Crippen molar-refractivity contribution in [3.05, 3.63) is 60.2 Å². The second-order valence-electron chi connectivity index (χ2n) is 7.51. The van der Waals surface area contributed by atoms with Crippen molar-refractivity contribution in [3.8, 4) is 0 Å². The lowest BCUT2D eigenvalue weighted by Crippen LogP contribution is -2.39. The monoisotopic (exact) mass is 378 g/mol. The highest BCUT2D eigenvalue weighted by atomic mass is 16.2. The first-order chi connectivity index (χ1) is 13.6. The van der Waals surface area contributed by atoms with Crippen molar-refractivity contribution >= 4 is 23.2 Å². The van der Waals surface area contributed by atoms with Crippen LogP contribution >= 0.6 is 0 Å². The Morgan fingerprint density at radius 2 is 1.50 bits per heavy atom. The average molecular weight is 379 g/mol. The highest BCUT2D eigenvalue weighted by molar-refractivity contribution is 5.96. The van der Waals surface area contributed by atoms with Crippen LogP contribution in [0.2, 0.25) is 0 Å². The lowest BCUT2D eigenvalue weighted by atomic mass is 9.80. The van der Waals surface area contributed by atoms with Crippen molar-refractivity contribution in [2.45, 2.75) is 46.0 Å². The molecule has 0 bridgehead atoms. The molecule has 2 aromatic rings. The zero-order chi connectivity index (χ0) is 19.9. The number of anilines is 2. The highest BCUT2D eigenvalue weighted by Gasteiger charge is 2.32. The van der Waals surface area contributed by atoms with Gasteiger partial charge in [0.25, 0.3) is 0 Å². The zero-order valence-electron chi connectivity index (χ0n) is 16.9. The van der Waals surface area contributed by atoms with Crippen molar-refractivity contribution in [2.24, 2.45) is 11.8 Å². The third kappa shape index (κ3) is 4.80. The van der Waals surface area contributed by atoms with Gasteiger partial charge in [-0.1, -0.05) is 37.3 Å². The summed E-state index contributed by atoms with van der Waals surface area (Å²) in [5, 5.41) is 3.03. The van der Waals surface area contributed by atoms with E-state index in [1.165, 1.54) is 5.56 Å². The number of carbonyl (C=O) groups excluding carboxylic acids is 2. The molecular formula is C24H30N2O2. The second kappa shape index (κ2) is 9.54. The second-order valence-corrected chi connectivity index (χ2v) is 7.51. The summed E-state index contributed by atoms with van der Waals surface area (Å²) >= 11 is 0. The first-order valence-electron chi connectivity index (χ1n) is 10.4. The largest absolute Gasteiger partial charge is 0.326 e. The Labute approximate surface area is 167 Å². The summed E-state index contributed by atoms with van der Waals surface area (Å²) in [5.41, 5.74) is 3.06. The van der Waals surface area contributed by atoms with E-state index in [2.05, 4.69) is 12.2 Å². The summed E-state index contributed by atoms with van der Waals surface area (Å²) in [6, 6.07) is 17.9. The fraction of sp³-hybridized carbons (Fsp3) is 0.417. The Bertz CT molecular complexity index is 778. The minimum absolute atomic E-state index is 0.00745. The maximum absolute atomic E-state index is 13.0. The van der Waals surface area contributed by atoms with Crippen LogP contribution < -0.4 is 10.2 Å². The topological polar surface area (TPSA) is 49.4 Å². The normalized spacial score (nSPS) is 19.1. The molecule has 148 valence electrons. The van der Waals surface area contributed by atoms with Gasteiger partial charge in [0, 0.05) is 29.8 Å². The maximum atomic E-state index is 13.0. The minimum Gasteiger partial charge on any atom is -0.326 e. The molecule has 0 radical (unpaired) electrons. The molecule has 0 atom stereocenters. The molecule has 0 aromatic heterocycles. The number of carbonyl (C=O) groups is 2. The summed E-state index contributed by atoms with van der Waals surface area (Å²) in [6.07, 6.45) is 4.07. The molecule has 28 heavy (non-hydrogen) atoms. The first kappa shape index (κ1) is 20.1. The number of benzene rings is 2. The van der Waals surface area contributed by atoms with E-state index in [1.54, 1.807) is 0 Å². The molecule has 0 spiro atoms. The number of nitrogens with zero attached hydrogens (tertiary/aromatic N) is 1. The molecule has 1 N–H and O–H groups in total. The summed E-state index contributed by atoms with van der Waals surface area (Å²) in [6.45, 7) is 4.79. The lowest BCUT2D eigenvalue weighted by molar-refractivity contribution is -0.126. The Morgan fingerprint density at radius 3 is 2.07 bits per heavy atom. The molecule has 1 aliphatic carbocycles. The number of nitrogens with one attached hydrogen (secondary N) is 1. The predicted octanol–water partition coefficient (Wildman–Crippen LogP) is 5.05. The molecule has 2 aromatic carbocycles. The fourth-order valence-electron chi connectivity index (χ4n) is 3.96. The van der Waals surface area contributed by atoms with Crippen molar-refractivity contribution in [1.82, 2.24) is 0 Å². The Balaban J connectivity index is 1.54. The molecule has 3 rings (SSSR count). The van der Waals surface area contributed by atoms with Gasteiger partial charge in [-0.2, -0.15) is 0 Å². The van der Waals surface area contributed by atoms with E-state index in [0.717, 1.165) is 43.5 Å². The van der Waals surface area contributed by atoms with Crippen LogP contribution in [0.1, 0.15) is 45.1 Å². The SMILES string of the molecule is CCc1ccc(NC(=O)C2CCC(C(=O)N(CC)c3ccccc3)CC2)cc1. The van der Waals surface area contributed by atoms with Crippen LogP contribution in [-0.2, 0) is 16.0 Å². The van der Waals surface area contributed by atoms with Gasteiger partial charge in [0.1, 0.15) is 0 Å². The standard InChI is InChI=1S/C24H30N2O2/c1-3-18-10-16-21(17-11-18)25-23(27)19-12-14-20(15-13-19)24(28)26(4-2)22-8-6-5-7-9-22/h5-11,16-17,19-20H,3-4,12-15H2,1-2H3,(H,25,27). The fourth-order valence-corrected chi connectivity index (χ4v) is 3.96. The summed E-state index contributed by atoms with van der Waals surface area (Å²) in [4.78, 5) is 27.4. The number of hydrogen-bond acceptors (Lipinski definition) is 2. The van der Waals surface area contributed by atoms with Crippen LogP contribution in [0.5, 0.6) is 0 Å². The van der Waals surface area contributed by atoms with Crippen LogP contribution in [0.15, 0.2) is 54.6 Å². The van der Waals surface area contributed by atoms with Crippen LogP contribution in [0, 0.1) is 11.8 Å². The Hall–Kier alpha value is -2.62. The van der Waals surface area contributed by atoms with Gasteiger partial charge in [-0.3, -0.25) is 9.59 Å². The molecule has 0 saturated heterocycles. The number of amides is 2. The zero-order valence-corrected chi connectivity index (χ0v) is 16.9. The summed E-state index contributed by atoms with van der Waals surface area (Å²) < 4.78 is 0. The third-order valence-corrected chi connectivity index (χ3v) is 5.73. The van der Waals surface area contributed by atoms with Gasteiger partial charge in [0.2, 0.25) is 11.8 Å². The van der Waals surface area contributed by atoms with Gasteiger partial charge in [-0.05, 0) is 68.9 Å². The minimum atomic E-state index is -0.0123. The quantitative estimate of drug-likeness (QED) is 0.765. The Kier molecular flexibility index (Phi) is 6.85. The van der Waals surface area contributed by atoms with E-state index in [1.807, 2.05) is 66.4 Å². The van der Waals surface area contributed by atoms with Gasteiger partial charge in [-0.25, -0.2) is 0 Å². The van der Waals surface area contributed by atoms with Crippen molar-refractivity contribution in [2.75, 3.05) is 16.8 Å². The smallest absolute Gasteiger partial charge is 0.230 e. The molecule has 0 heterocycles. The van der Waals surface area contributed by atoms with Crippen LogP contribution in [0.4, 0.5) is 11.4 Å². The molecule has 1 aliphatic rings. The van der Waals surface area contributed by atoms with E-state index in [-0.39, 0.29) is 23.7 Å². The molecule has 4 nitrogen and oxygen atoms in total. The van der Waals surface area contributed by atoms with E-state index < -0.39 is 0 Å². The van der Waals surface area contributed by atoms with Crippen LogP contribution in [-0.4, -0.2) is 18.4 Å². The van der Waals surface area contributed by atoms with Gasteiger partial charge in [0.05, 0.1) is 0 Å². The average Bonchev–Trinajstić information content (AvgIpc) is 2.75. The number of rotatable bonds is 6. The summed E-state index contributed by atoms with van der Waals surface area (Å²) in [7, 11) is 0. The molecule has 1 saturated carbocycles. The molecule has 1 fully saturated rings. The van der Waals surface area contributed by atoms with Crippen molar-refractivity contribution in [1.29, 1.82) is 0 Å². The number of hydrogen-bond donors (Lipinski definition) is 1. The molecule has 0 unspecified atom stereocenters. The summed E-state index contributed by atoms with van der Waals surface area (Å²) in [5.74, 6) is 0.253. The van der Waals surface area contributed by atoms with E-state index in [0.29, 0.717) is 6.54 Å². The van der Waals surface area contributed by atoms with E-state index in [9.17, 15) is 9.59 Å². The maximum Gasteiger partial charge on any atom is 0.230 e. The van der Waals surface area contributed by atoms with Gasteiger partial charge in [-0.15, -0.1) is 0 Å². The number of aryl methyl sites for hydroxylation is 1. The van der Waals surface area contributed by atoms with Gasteiger partial charge in [0.15, 0.2) is 0 Å². The van der Waals surface area contributed by atoms with Gasteiger partial charge < -0.3 is 10.2 Å². The highest BCUT2D eigenvalue weighted by Crippen LogP contribution is 2.32. The lowest BCUT2D eigenvalue weighted by Gasteiger charge is -2.31. The molecule has 4 heteroatoms.